The first-order valence-corrected chi connectivity index (χ1v) is 13.8. The minimum absolute atomic E-state index is 0.0332. The van der Waals surface area contributed by atoms with Gasteiger partial charge in [0.15, 0.2) is 0 Å². The second-order valence-corrected chi connectivity index (χ2v) is 11.0. The maximum absolute atomic E-state index is 13.1. The highest BCUT2D eigenvalue weighted by molar-refractivity contribution is 7.89. The van der Waals surface area contributed by atoms with E-state index in [0.29, 0.717) is 51.1 Å². The summed E-state index contributed by atoms with van der Waals surface area (Å²) in [6, 6.07) is 15.4. The van der Waals surface area contributed by atoms with Crippen molar-refractivity contribution < 1.29 is 22.8 Å². The quantitative estimate of drug-likeness (QED) is 0.564. The first-order chi connectivity index (χ1) is 17.3. The molecule has 1 unspecified atom stereocenters. The third-order valence-electron chi connectivity index (χ3n) is 6.69. The lowest BCUT2D eigenvalue weighted by Gasteiger charge is -2.33. The smallest absolute Gasteiger partial charge is 0.240 e. The van der Waals surface area contributed by atoms with Gasteiger partial charge in [0.2, 0.25) is 27.7 Å². The number of sulfonamides is 1. The molecule has 0 radical (unpaired) electrons. The molecule has 9 nitrogen and oxygen atoms in total. The molecule has 192 valence electrons. The van der Waals surface area contributed by atoms with Crippen molar-refractivity contribution in [2.24, 2.45) is 11.8 Å². The number of hydrogen-bond acceptors (Lipinski definition) is 5. The van der Waals surface area contributed by atoms with Gasteiger partial charge in [0.25, 0.3) is 0 Å². The monoisotopic (exact) mass is 512 g/mol. The van der Waals surface area contributed by atoms with E-state index >= 15 is 0 Å². The lowest BCUT2D eigenvalue weighted by atomic mass is 9.94. The van der Waals surface area contributed by atoms with E-state index in [0.717, 1.165) is 5.69 Å². The summed E-state index contributed by atoms with van der Waals surface area (Å²) in [6.45, 7) is 3.56. The van der Waals surface area contributed by atoms with Crippen LogP contribution in [0.2, 0.25) is 0 Å². The van der Waals surface area contributed by atoms with E-state index in [1.54, 1.807) is 21.9 Å². The summed E-state index contributed by atoms with van der Waals surface area (Å²) in [5, 5.41) is 2.85. The number of hydrogen-bond donors (Lipinski definition) is 2. The second-order valence-electron chi connectivity index (χ2n) is 9.25. The predicted octanol–water partition coefficient (Wildman–Crippen LogP) is 2.61. The number of carbonyl (C=O) groups is 3. The Kier molecular flexibility index (Phi) is 8.05. The van der Waals surface area contributed by atoms with Gasteiger partial charge in [0.05, 0.1) is 10.8 Å². The molecule has 2 aromatic rings. The molecular formula is C26H32N4O5S. The molecule has 2 saturated heterocycles. The van der Waals surface area contributed by atoms with Crippen molar-refractivity contribution in [1.82, 2.24) is 9.62 Å². The van der Waals surface area contributed by atoms with Crippen molar-refractivity contribution in [3.05, 3.63) is 54.6 Å². The van der Waals surface area contributed by atoms with Gasteiger partial charge in [0, 0.05) is 49.9 Å². The normalized spacial score (nSPS) is 18.9. The minimum atomic E-state index is -3.56. The van der Waals surface area contributed by atoms with Gasteiger partial charge in [-0.3, -0.25) is 14.4 Å². The van der Waals surface area contributed by atoms with Crippen LogP contribution in [0.1, 0.15) is 32.6 Å². The number of piperidine rings is 1. The molecule has 0 bridgehead atoms. The molecule has 0 saturated carbocycles. The number of nitrogens with zero attached hydrogens (tertiary/aromatic N) is 2. The van der Waals surface area contributed by atoms with Crippen LogP contribution in [-0.2, 0) is 24.4 Å². The average Bonchev–Trinajstić information content (AvgIpc) is 3.29. The van der Waals surface area contributed by atoms with Crippen molar-refractivity contribution in [3.8, 4) is 0 Å². The van der Waals surface area contributed by atoms with Crippen molar-refractivity contribution in [1.29, 1.82) is 0 Å². The van der Waals surface area contributed by atoms with Gasteiger partial charge < -0.3 is 15.1 Å². The molecule has 2 heterocycles. The Hall–Kier alpha value is -3.24. The first-order valence-electron chi connectivity index (χ1n) is 12.3. The van der Waals surface area contributed by atoms with Gasteiger partial charge >= 0.3 is 0 Å². The fourth-order valence-corrected chi connectivity index (χ4v) is 5.77. The minimum Gasteiger partial charge on any atom is -0.342 e. The number of carbonyl (C=O) groups excluding carboxylic acids is 3. The molecule has 3 amide bonds. The Morgan fingerprint density at radius 1 is 0.972 bits per heavy atom. The van der Waals surface area contributed by atoms with Crippen LogP contribution in [0.3, 0.4) is 0 Å². The summed E-state index contributed by atoms with van der Waals surface area (Å²) >= 11 is 0. The standard InChI is InChI=1S/C26H32N4O5S/c1-2-14-27-36(34,35)23-10-8-21(9-11-23)28-25(32)19-12-15-29(16-13-19)26(33)20-17-24(31)30(18-20)22-6-4-3-5-7-22/h3-11,19-20,27H,2,12-18H2,1H3,(H,28,32). The summed E-state index contributed by atoms with van der Waals surface area (Å²) in [5.41, 5.74) is 1.33. The van der Waals surface area contributed by atoms with E-state index in [-0.39, 0.29) is 40.9 Å². The molecule has 0 spiro atoms. The predicted molar refractivity (Wildman–Crippen MR) is 137 cm³/mol. The van der Waals surface area contributed by atoms with Crippen LogP contribution in [0.25, 0.3) is 0 Å². The van der Waals surface area contributed by atoms with Crippen LogP contribution in [-0.4, -0.2) is 57.2 Å². The summed E-state index contributed by atoms with van der Waals surface area (Å²) in [6.07, 6.45) is 1.97. The number of rotatable bonds is 8. The molecule has 2 aliphatic rings. The summed E-state index contributed by atoms with van der Waals surface area (Å²) in [4.78, 5) is 41.9. The van der Waals surface area contributed by atoms with Gasteiger partial charge in [-0.15, -0.1) is 0 Å². The van der Waals surface area contributed by atoms with Gasteiger partial charge in [-0.2, -0.15) is 0 Å². The number of benzene rings is 2. The van der Waals surface area contributed by atoms with E-state index in [9.17, 15) is 22.8 Å². The van der Waals surface area contributed by atoms with Crippen LogP contribution in [0.5, 0.6) is 0 Å². The van der Waals surface area contributed by atoms with E-state index in [1.165, 1.54) is 12.1 Å². The Balaban J connectivity index is 1.27. The highest BCUT2D eigenvalue weighted by Gasteiger charge is 2.38. The van der Waals surface area contributed by atoms with Gasteiger partial charge in [-0.25, -0.2) is 13.1 Å². The Labute approximate surface area is 211 Å². The molecule has 2 aliphatic heterocycles. The molecular weight excluding hydrogens is 480 g/mol. The zero-order chi connectivity index (χ0) is 25.7. The molecule has 2 N–H and O–H groups in total. The zero-order valence-corrected chi connectivity index (χ0v) is 21.2. The van der Waals surface area contributed by atoms with Crippen molar-refractivity contribution >= 4 is 39.1 Å². The number of nitrogens with one attached hydrogen (secondary N) is 2. The third-order valence-corrected chi connectivity index (χ3v) is 8.17. The fourth-order valence-electron chi connectivity index (χ4n) is 4.63. The molecule has 10 heteroatoms. The average molecular weight is 513 g/mol. The van der Waals surface area contributed by atoms with Crippen LogP contribution < -0.4 is 14.9 Å². The molecule has 0 aromatic heterocycles. The maximum atomic E-state index is 13.1. The van der Waals surface area contributed by atoms with Crippen molar-refractivity contribution in [2.45, 2.75) is 37.5 Å². The highest BCUT2D eigenvalue weighted by Crippen LogP contribution is 2.28. The lowest BCUT2D eigenvalue weighted by Crippen LogP contribution is -2.44. The van der Waals surface area contributed by atoms with Gasteiger partial charge in [0.1, 0.15) is 0 Å². The number of para-hydroxylation sites is 1. The number of amides is 3. The summed E-state index contributed by atoms with van der Waals surface area (Å²) < 4.78 is 26.9. The molecule has 4 rings (SSSR count). The third kappa shape index (κ3) is 5.93. The molecule has 2 fully saturated rings. The van der Waals surface area contributed by atoms with Crippen LogP contribution in [0, 0.1) is 11.8 Å². The SMILES string of the molecule is CCCNS(=O)(=O)c1ccc(NC(=O)C2CCN(C(=O)C3CC(=O)N(c4ccccc4)C3)CC2)cc1. The molecule has 36 heavy (non-hydrogen) atoms. The Morgan fingerprint density at radius 2 is 1.64 bits per heavy atom. The van der Waals surface area contributed by atoms with Crippen molar-refractivity contribution in [2.75, 3.05) is 36.4 Å². The van der Waals surface area contributed by atoms with Crippen molar-refractivity contribution in [3.63, 3.8) is 0 Å². The zero-order valence-electron chi connectivity index (χ0n) is 20.4. The Bertz CT molecular complexity index is 1190. The van der Waals surface area contributed by atoms with E-state index in [1.807, 2.05) is 37.3 Å². The second kappa shape index (κ2) is 11.2. The van der Waals surface area contributed by atoms with Crippen LogP contribution >= 0.6 is 0 Å². The van der Waals surface area contributed by atoms with E-state index in [2.05, 4.69) is 10.0 Å². The summed E-state index contributed by atoms with van der Waals surface area (Å²) in [5.74, 6) is -0.838. The maximum Gasteiger partial charge on any atom is 0.240 e. The van der Waals surface area contributed by atoms with Crippen LogP contribution in [0.15, 0.2) is 59.5 Å². The molecule has 1 atom stereocenters. The van der Waals surface area contributed by atoms with Crippen LogP contribution in [0.4, 0.5) is 11.4 Å². The van der Waals surface area contributed by atoms with E-state index in [4.69, 9.17) is 0 Å². The summed E-state index contributed by atoms with van der Waals surface area (Å²) in [7, 11) is -3.56. The van der Waals surface area contributed by atoms with Gasteiger partial charge in [-0.1, -0.05) is 25.1 Å². The topological polar surface area (TPSA) is 116 Å². The molecule has 0 aliphatic carbocycles. The molecule has 2 aromatic carbocycles. The fraction of sp³-hybridized carbons (Fsp3) is 0.423. The Morgan fingerprint density at radius 3 is 2.28 bits per heavy atom. The van der Waals surface area contributed by atoms with Gasteiger partial charge in [-0.05, 0) is 55.7 Å². The first kappa shape index (κ1) is 25.8. The van der Waals surface area contributed by atoms with E-state index < -0.39 is 10.0 Å². The number of likely N-dealkylation sites (tertiary alicyclic amines) is 1. The largest absolute Gasteiger partial charge is 0.342 e. The highest BCUT2D eigenvalue weighted by atomic mass is 32.2. The lowest BCUT2D eigenvalue weighted by molar-refractivity contribution is -0.138. The number of anilines is 2.